The topological polar surface area (TPSA) is 84.0 Å². The Kier molecular flexibility index (Phi) is 4.70. The average molecular weight is 350 g/mol. The largest absolute Gasteiger partial charge is 0.352 e. The summed E-state index contributed by atoms with van der Waals surface area (Å²) in [4.78, 5) is 31.4. The van der Waals surface area contributed by atoms with E-state index < -0.39 is 11.7 Å². The summed E-state index contributed by atoms with van der Waals surface area (Å²) >= 11 is 0. The molecule has 0 saturated heterocycles. The van der Waals surface area contributed by atoms with E-state index in [0.29, 0.717) is 11.2 Å². The Labute approximate surface area is 148 Å². The predicted molar refractivity (Wildman–Crippen MR) is 97.2 cm³/mol. The maximum absolute atomic E-state index is 12.9. The summed E-state index contributed by atoms with van der Waals surface area (Å²) in [7, 11) is 1.51. The summed E-state index contributed by atoms with van der Waals surface area (Å²) in [5.74, 6) is -2.23. The Morgan fingerprint density at radius 2 is 1.88 bits per heavy atom. The molecule has 26 heavy (non-hydrogen) atoms. The number of halogens is 1. The highest BCUT2D eigenvalue weighted by atomic mass is 19.1. The van der Waals surface area contributed by atoms with Gasteiger partial charge in [0.2, 0.25) is 5.82 Å². The van der Waals surface area contributed by atoms with Crippen molar-refractivity contribution in [3.8, 4) is 11.1 Å². The van der Waals surface area contributed by atoms with Crippen LogP contribution in [-0.2, 0) is 4.79 Å². The van der Waals surface area contributed by atoms with Gasteiger partial charge in [-0.15, -0.1) is 0 Å². The number of benzene rings is 2. The molecule has 2 aromatic carbocycles. The molecule has 6 nitrogen and oxygen atoms in total. The second kappa shape index (κ2) is 7.10. The smallest absolute Gasteiger partial charge is 0.288 e. The van der Waals surface area contributed by atoms with Crippen molar-refractivity contribution in [1.82, 2.24) is 15.3 Å². The number of amides is 2. The molecule has 0 aliphatic carbocycles. The lowest BCUT2D eigenvalue weighted by Gasteiger charge is -2.08. The molecule has 0 atom stereocenters. The lowest BCUT2D eigenvalue weighted by atomic mass is 10.0. The van der Waals surface area contributed by atoms with E-state index in [9.17, 15) is 14.0 Å². The van der Waals surface area contributed by atoms with Crippen molar-refractivity contribution >= 4 is 28.4 Å². The second-order valence-electron chi connectivity index (χ2n) is 5.49. The molecule has 2 amide bonds. The minimum atomic E-state index is -1.06. The zero-order chi connectivity index (χ0) is 18.7. The highest BCUT2D eigenvalue weighted by Gasteiger charge is 2.10. The predicted octanol–water partition coefficient (Wildman–Crippen LogP) is 3.08. The maximum atomic E-state index is 12.9. The number of fused-ring (bicyclic) bond motifs is 1. The molecule has 0 aliphatic rings. The van der Waals surface area contributed by atoms with E-state index in [2.05, 4.69) is 27.2 Å². The van der Waals surface area contributed by atoms with E-state index in [0.717, 1.165) is 16.5 Å². The quantitative estimate of drug-likeness (QED) is 0.708. The summed E-state index contributed by atoms with van der Waals surface area (Å²) in [5, 5.41) is 5.70. The van der Waals surface area contributed by atoms with Crippen LogP contribution in [0.1, 0.15) is 10.6 Å². The van der Waals surface area contributed by atoms with Crippen molar-refractivity contribution < 1.29 is 14.0 Å². The summed E-state index contributed by atoms with van der Waals surface area (Å²) in [6, 6.07) is 12.5. The standard InChI is InChI=1S/C19H15FN4O2/c1-11(20)18(25)23-15-5-3-4-12(8-15)13-6-7-14-10-22-17(19(26)21-2)24-16(14)9-13/h3-10H,1H2,2H3,(H,21,26)(H,23,25). The molecule has 0 aliphatic heterocycles. The second-order valence-corrected chi connectivity index (χ2v) is 5.49. The fourth-order valence-electron chi connectivity index (χ4n) is 2.40. The first-order chi connectivity index (χ1) is 12.5. The van der Waals surface area contributed by atoms with E-state index >= 15 is 0 Å². The molecule has 3 rings (SSSR count). The number of hydrogen-bond acceptors (Lipinski definition) is 4. The number of rotatable bonds is 4. The normalized spacial score (nSPS) is 10.4. The maximum Gasteiger partial charge on any atom is 0.288 e. The molecule has 0 unspecified atom stereocenters. The highest BCUT2D eigenvalue weighted by Crippen LogP contribution is 2.26. The SMILES string of the molecule is C=C(F)C(=O)Nc1cccc(-c2ccc3cnc(C(=O)NC)nc3c2)c1. The summed E-state index contributed by atoms with van der Waals surface area (Å²) in [6.45, 7) is 2.97. The van der Waals surface area contributed by atoms with Gasteiger partial charge < -0.3 is 10.6 Å². The number of carbonyl (C=O) groups excluding carboxylic acids is 2. The van der Waals surface area contributed by atoms with Crippen molar-refractivity contribution in [3.05, 3.63) is 66.9 Å². The fraction of sp³-hybridized carbons (Fsp3) is 0.0526. The molecule has 2 N–H and O–H groups in total. The van der Waals surface area contributed by atoms with Gasteiger partial charge in [0.1, 0.15) is 0 Å². The van der Waals surface area contributed by atoms with Gasteiger partial charge in [-0.1, -0.05) is 30.8 Å². The van der Waals surface area contributed by atoms with Crippen molar-refractivity contribution in [2.75, 3.05) is 12.4 Å². The first kappa shape index (κ1) is 17.2. The Morgan fingerprint density at radius 1 is 1.12 bits per heavy atom. The van der Waals surface area contributed by atoms with Crippen molar-refractivity contribution in [1.29, 1.82) is 0 Å². The van der Waals surface area contributed by atoms with E-state index in [1.54, 1.807) is 24.4 Å². The van der Waals surface area contributed by atoms with Gasteiger partial charge in [-0.2, -0.15) is 0 Å². The zero-order valence-electron chi connectivity index (χ0n) is 13.9. The molecule has 0 spiro atoms. The Bertz CT molecular complexity index is 1030. The van der Waals surface area contributed by atoms with Crippen LogP contribution in [0.2, 0.25) is 0 Å². The Balaban J connectivity index is 1.98. The molecule has 130 valence electrons. The van der Waals surface area contributed by atoms with Crippen LogP contribution in [-0.4, -0.2) is 28.8 Å². The molecule has 0 radical (unpaired) electrons. The number of hydrogen-bond donors (Lipinski definition) is 2. The van der Waals surface area contributed by atoms with Crippen LogP contribution in [0, 0.1) is 0 Å². The summed E-state index contributed by atoms with van der Waals surface area (Å²) in [5.41, 5.74) is 2.69. The first-order valence-corrected chi connectivity index (χ1v) is 7.73. The van der Waals surface area contributed by atoms with Gasteiger partial charge in [0, 0.05) is 24.3 Å². The van der Waals surface area contributed by atoms with E-state index in [4.69, 9.17) is 0 Å². The van der Waals surface area contributed by atoms with Crippen LogP contribution in [0.4, 0.5) is 10.1 Å². The van der Waals surface area contributed by atoms with Gasteiger partial charge in [0.15, 0.2) is 5.83 Å². The van der Waals surface area contributed by atoms with Crippen molar-refractivity contribution in [2.24, 2.45) is 0 Å². The van der Waals surface area contributed by atoms with Gasteiger partial charge >= 0.3 is 0 Å². The third kappa shape index (κ3) is 3.56. The fourth-order valence-corrected chi connectivity index (χ4v) is 2.40. The minimum Gasteiger partial charge on any atom is -0.352 e. The van der Waals surface area contributed by atoms with Crippen molar-refractivity contribution in [3.63, 3.8) is 0 Å². The van der Waals surface area contributed by atoms with Crippen LogP contribution in [0.5, 0.6) is 0 Å². The molecule has 0 saturated carbocycles. The van der Waals surface area contributed by atoms with E-state index in [-0.39, 0.29) is 11.7 Å². The number of aromatic nitrogens is 2. The monoisotopic (exact) mass is 350 g/mol. The van der Waals surface area contributed by atoms with Gasteiger partial charge in [0.05, 0.1) is 5.52 Å². The molecule has 0 bridgehead atoms. The third-order valence-corrected chi connectivity index (χ3v) is 3.71. The Morgan fingerprint density at radius 3 is 2.62 bits per heavy atom. The molecule has 1 heterocycles. The third-order valence-electron chi connectivity index (χ3n) is 3.71. The number of nitrogens with one attached hydrogen (secondary N) is 2. The van der Waals surface area contributed by atoms with Crippen LogP contribution in [0.15, 0.2) is 61.1 Å². The van der Waals surface area contributed by atoms with Gasteiger partial charge in [-0.05, 0) is 29.3 Å². The molecule has 0 fully saturated rings. The Hall–Kier alpha value is -3.61. The number of nitrogens with zero attached hydrogens (tertiary/aromatic N) is 2. The van der Waals surface area contributed by atoms with Crippen LogP contribution in [0.25, 0.3) is 22.0 Å². The summed E-state index contributed by atoms with van der Waals surface area (Å²) < 4.78 is 12.9. The van der Waals surface area contributed by atoms with Gasteiger partial charge in [0.25, 0.3) is 11.8 Å². The van der Waals surface area contributed by atoms with Gasteiger partial charge in [-0.3, -0.25) is 9.59 Å². The average Bonchev–Trinajstić information content (AvgIpc) is 2.66. The molecule has 7 heteroatoms. The number of carbonyl (C=O) groups is 2. The van der Waals surface area contributed by atoms with E-state index in [1.807, 2.05) is 24.3 Å². The summed E-state index contributed by atoms with van der Waals surface area (Å²) in [6.07, 6.45) is 1.58. The first-order valence-electron chi connectivity index (χ1n) is 7.73. The van der Waals surface area contributed by atoms with Crippen LogP contribution in [0.3, 0.4) is 0 Å². The number of anilines is 1. The van der Waals surface area contributed by atoms with Gasteiger partial charge in [-0.25, -0.2) is 14.4 Å². The molecule has 3 aromatic rings. The van der Waals surface area contributed by atoms with Crippen LogP contribution >= 0.6 is 0 Å². The lowest BCUT2D eigenvalue weighted by molar-refractivity contribution is -0.114. The van der Waals surface area contributed by atoms with E-state index in [1.165, 1.54) is 7.05 Å². The lowest BCUT2D eigenvalue weighted by Crippen LogP contribution is -2.20. The van der Waals surface area contributed by atoms with Crippen LogP contribution < -0.4 is 10.6 Å². The minimum absolute atomic E-state index is 0.0830. The molecular weight excluding hydrogens is 335 g/mol. The molecule has 1 aromatic heterocycles. The van der Waals surface area contributed by atoms with Crippen molar-refractivity contribution in [2.45, 2.75) is 0 Å². The highest BCUT2D eigenvalue weighted by molar-refractivity contribution is 6.02. The molecular formula is C19H15FN4O2. The zero-order valence-corrected chi connectivity index (χ0v) is 13.9.